The SMILES string of the molecule is CC1(c2ccccc2)NC(=O)N(CC(=O)N(C2CCCCC2)C2CCS(=O)(=O)C2)C1=O. The molecule has 0 aromatic heterocycles. The maximum Gasteiger partial charge on any atom is 0.325 e. The van der Waals surface area contributed by atoms with Crippen LogP contribution in [-0.4, -0.2) is 66.2 Å². The molecule has 1 saturated carbocycles. The fourth-order valence-corrected chi connectivity index (χ4v) is 6.80. The molecule has 9 heteroatoms. The lowest BCUT2D eigenvalue weighted by atomic mass is 9.92. The van der Waals surface area contributed by atoms with Gasteiger partial charge in [-0.2, -0.15) is 0 Å². The smallest absolute Gasteiger partial charge is 0.325 e. The number of imide groups is 1. The predicted octanol–water partition coefficient (Wildman–Crippen LogP) is 1.80. The number of nitrogens with one attached hydrogen (secondary N) is 1. The molecule has 0 spiro atoms. The summed E-state index contributed by atoms with van der Waals surface area (Å²) in [5.41, 5.74) is -0.584. The molecule has 1 aromatic rings. The number of hydrogen-bond acceptors (Lipinski definition) is 5. The van der Waals surface area contributed by atoms with Crippen molar-refractivity contribution in [2.24, 2.45) is 0 Å². The third kappa shape index (κ3) is 4.20. The third-order valence-electron chi connectivity index (χ3n) is 6.78. The number of amides is 4. The van der Waals surface area contributed by atoms with Gasteiger partial charge in [-0.1, -0.05) is 49.6 Å². The number of benzene rings is 1. The summed E-state index contributed by atoms with van der Waals surface area (Å²) in [7, 11) is -3.17. The first kappa shape index (κ1) is 21.8. The Morgan fingerprint density at radius 2 is 1.77 bits per heavy atom. The van der Waals surface area contributed by atoms with Crippen LogP contribution in [0.1, 0.15) is 51.0 Å². The summed E-state index contributed by atoms with van der Waals surface area (Å²) < 4.78 is 24.1. The van der Waals surface area contributed by atoms with Crippen LogP contribution >= 0.6 is 0 Å². The van der Waals surface area contributed by atoms with E-state index < -0.39 is 27.3 Å². The van der Waals surface area contributed by atoms with Crippen LogP contribution in [0.3, 0.4) is 0 Å². The summed E-state index contributed by atoms with van der Waals surface area (Å²) in [5, 5.41) is 2.72. The molecule has 4 amide bonds. The Balaban J connectivity index is 1.55. The molecule has 0 radical (unpaired) electrons. The van der Waals surface area contributed by atoms with Gasteiger partial charge in [0.2, 0.25) is 5.91 Å². The largest absolute Gasteiger partial charge is 0.334 e. The van der Waals surface area contributed by atoms with Crippen molar-refractivity contribution < 1.29 is 22.8 Å². The van der Waals surface area contributed by atoms with Gasteiger partial charge in [-0.05, 0) is 31.7 Å². The van der Waals surface area contributed by atoms with Crippen molar-refractivity contribution in [1.82, 2.24) is 15.1 Å². The van der Waals surface area contributed by atoms with Gasteiger partial charge in [0, 0.05) is 12.1 Å². The minimum Gasteiger partial charge on any atom is -0.334 e. The zero-order valence-corrected chi connectivity index (χ0v) is 18.6. The molecule has 31 heavy (non-hydrogen) atoms. The van der Waals surface area contributed by atoms with Crippen molar-refractivity contribution in [3.63, 3.8) is 0 Å². The van der Waals surface area contributed by atoms with Gasteiger partial charge in [-0.25, -0.2) is 13.2 Å². The van der Waals surface area contributed by atoms with E-state index in [-0.39, 0.29) is 36.0 Å². The molecule has 2 atom stereocenters. The Hall–Kier alpha value is -2.42. The zero-order chi connectivity index (χ0) is 22.2. The van der Waals surface area contributed by atoms with Gasteiger partial charge in [0.25, 0.3) is 5.91 Å². The highest BCUT2D eigenvalue weighted by Crippen LogP contribution is 2.31. The van der Waals surface area contributed by atoms with Gasteiger partial charge in [0.15, 0.2) is 9.84 Å². The van der Waals surface area contributed by atoms with Crippen molar-refractivity contribution in [3.8, 4) is 0 Å². The Labute approximate surface area is 182 Å². The summed E-state index contributed by atoms with van der Waals surface area (Å²) in [6, 6.07) is 7.91. The third-order valence-corrected chi connectivity index (χ3v) is 8.53. The van der Waals surface area contributed by atoms with Crippen LogP contribution in [0.2, 0.25) is 0 Å². The van der Waals surface area contributed by atoms with E-state index in [1.165, 1.54) is 0 Å². The highest BCUT2D eigenvalue weighted by atomic mass is 32.2. The quantitative estimate of drug-likeness (QED) is 0.693. The number of carbonyl (C=O) groups is 3. The molecule has 8 nitrogen and oxygen atoms in total. The van der Waals surface area contributed by atoms with E-state index in [0.717, 1.165) is 37.0 Å². The minimum atomic E-state index is -3.17. The fourth-order valence-electron chi connectivity index (χ4n) is 5.08. The van der Waals surface area contributed by atoms with E-state index in [0.29, 0.717) is 12.0 Å². The van der Waals surface area contributed by atoms with Gasteiger partial charge < -0.3 is 10.2 Å². The zero-order valence-electron chi connectivity index (χ0n) is 17.7. The summed E-state index contributed by atoms with van der Waals surface area (Å²) in [6.45, 7) is 1.26. The molecular weight excluding hydrogens is 418 g/mol. The van der Waals surface area contributed by atoms with Crippen LogP contribution in [0.5, 0.6) is 0 Å². The van der Waals surface area contributed by atoms with Crippen LogP contribution in [-0.2, 0) is 25.0 Å². The molecule has 3 fully saturated rings. The van der Waals surface area contributed by atoms with E-state index in [2.05, 4.69) is 5.32 Å². The molecule has 1 aliphatic carbocycles. The average Bonchev–Trinajstić information content (AvgIpc) is 3.21. The van der Waals surface area contributed by atoms with Crippen molar-refractivity contribution in [2.75, 3.05) is 18.1 Å². The summed E-state index contributed by atoms with van der Waals surface area (Å²) in [5.74, 6) is -0.796. The maximum absolute atomic E-state index is 13.4. The number of sulfone groups is 1. The van der Waals surface area contributed by atoms with Crippen molar-refractivity contribution in [3.05, 3.63) is 35.9 Å². The second kappa shape index (κ2) is 8.26. The first-order valence-electron chi connectivity index (χ1n) is 10.9. The van der Waals surface area contributed by atoms with Gasteiger partial charge in [-0.3, -0.25) is 14.5 Å². The summed E-state index contributed by atoms with van der Waals surface area (Å²) in [6.07, 6.45) is 5.14. The van der Waals surface area contributed by atoms with E-state index in [4.69, 9.17) is 0 Å². The molecule has 0 bridgehead atoms. The second-order valence-electron chi connectivity index (χ2n) is 8.96. The Morgan fingerprint density at radius 3 is 2.39 bits per heavy atom. The van der Waals surface area contributed by atoms with Gasteiger partial charge in [0.05, 0.1) is 11.5 Å². The molecule has 2 heterocycles. The first-order valence-corrected chi connectivity index (χ1v) is 12.7. The number of rotatable bonds is 5. The summed E-state index contributed by atoms with van der Waals surface area (Å²) >= 11 is 0. The lowest BCUT2D eigenvalue weighted by molar-refractivity contribution is -0.142. The first-order chi connectivity index (χ1) is 14.7. The van der Waals surface area contributed by atoms with Crippen LogP contribution in [0, 0.1) is 0 Å². The lowest BCUT2D eigenvalue weighted by Gasteiger charge is -2.38. The van der Waals surface area contributed by atoms with Crippen molar-refractivity contribution in [1.29, 1.82) is 0 Å². The van der Waals surface area contributed by atoms with E-state index in [1.54, 1.807) is 36.1 Å². The topological polar surface area (TPSA) is 104 Å². The molecule has 2 aliphatic heterocycles. The standard InChI is InChI=1S/C22H29N3O5S/c1-22(16-8-4-2-5-9-16)20(27)24(21(28)23-22)14-19(26)25(17-10-6-3-7-11-17)18-12-13-31(29,30)15-18/h2,4-5,8-9,17-18H,3,6-7,10-15H2,1H3,(H,23,28). The fraction of sp³-hybridized carbons (Fsp3) is 0.591. The van der Waals surface area contributed by atoms with Crippen LogP contribution in [0.15, 0.2) is 30.3 Å². The Morgan fingerprint density at radius 1 is 1.10 bits per heavy atom. The van der Waals surface area contributed by atoms with E-state index in [1.807, 2.05) is 6.07 Å². The van der Waals surface area contributed by atoms with Crippen LogP contribution < -0.4 is 5.32 Å². The molecule has 1 aromatic carbocycles. The molecule has 3 aliphatic rings. The second-order valence-corrected chi connectivity index (χ2v) is 11.2. The number of carbonyl (C=O) groups excluding carboxylic acids is 3. The molecule has 2 saturated heterocycles. The monoisotopic (exact) mass is 447 g/mol. The van der Waals surface area contributed by atoms with E-state index >= 15 is 0 Å². The normalized spacial score (nSPS) is 28.5. The molecular formula is C22H29N3O5S. The van der Waals surface area contributed by atoms with E-state index in [9.17, 15) is 22.8 Å². The number of nitrogens with zero attached hydrogens (tertiary/aromatic N) is 2. The van der Waals surface area contributed by atoms with Crippen molar-refractivity contribution in [2.45, 2.75) is 63.1 Å². The molecule has 2 unspecified atom stereocenters. The van der Waals surface area contributed by atoms with Crippen molar-refractivity contribution >= 4 is 27.7 Å². The predicted molar refractivity (Wildman–Crippen MR) is 115 cm³/mol. The Kier molecular flexibility index (Phi) is 5.81. The maximum atomic E-state index is 13.4. The molecule has 1 N–H and O–H groups in total. The van der Waals surface area contributed by atoms with Crippen LogP contribution in [0.4, 0.5) is 4.79 Å². The lowest BCUT2D eigenvalue weighted by Crippen LogP contribution is -2.53. The van der Waals surface area contributed by atoms with Crippen LogP contribution in [0.25, 0.3) is 0 Å². The minimum absolute atomic E-state index is 0.0409. The average molecular weight is 448 g/mol. The van der Waals surface area contributed by atoms with Gasteiger partial charge in [0.1, 0.15) is 12.1 Å². The molecule has 4 rings (SSSR count). The molecule has 168 valence electrons. The Bertz CT molecular complexity index is 974. The summed E-state index contributed by atoms with van der Waals surface area (Å²) in [4.78, 5) is 41.9. The van der Waals surface area contributed by atoms with Gasteiger partial charge in [-0.15, -0.1) is 0 Å². The highest BCUT2D eigenvalue weighted by Gasteiger charge is 2.50. The highest BCUT2D eigenvalue weighted by molar-refractivity contribution is 7.91. The number of hydrogen-bond donors (Lipinski definition) is 1. The number of urea groups is 1. The van der Waals surface area contributed by atoms with Gasteiger partial charge >= 0.3 is 6.03 Å².